The first-order valence-corrected chi connectivity index (χ1v) is 8.51. The minimum absolute atomic E-state index is 0.0178. The summed E-state index contributed by atoms with van der Waals surface area (Å²) in [5.41, 5.74) is 1.08. The van der Waals surface area contributed by atoms with Crippen molar-refractivity contribution in [2.24, 2.45) is 5.92 Å². The Hall–Kier alpha value is -3.29. The van der Waals surface area contributed by atoms with Gasteiger partial charge in [-0.15, -0.1) is 0 Å². The van der Waals surface area contributed by atoms with Crippen molar-refractivity contribution in [3.63, 3.8) is 0 Å². The lowest BCUT2D eigenvalue weighted by Crippen LogP contribution is -2.19. The van der Waals surface area contributed by atoms with E-state index in [2.05, 4.69) is 19.2 Å². The standard InChI is InChI=1S/C19H21N3O5/c1-12(2)8-14-4-6-15(7-5-14)13(3)19(23)20-16-9-17(21(24)25)11-18(10-16)22(26)27/h4-7,9-13H,8H2,1-3H3,(H,20,23). The zero-order valence-electron chi connectivity index (χ0n) is 15.3. The fraction of sp³-hybridized carbons (Fsp3) is 0.316. The molecule has 0 aliphatic heterocycles. The molecule has 142 valence electrons. The summed E-state index contributed by atoms with van der Waals surface area (Å²) in [6.07, 6.45) is 0.943. The minimum atomic E-state index is -0.737. The van der Waals surface area contributed by atoms with Gasteiger partial charge in [-0.25, -0.2) is 0 Å². The number of rotatable bonds is 7. The number of carbonyl (C=O) groups excluding carboxylic acids is 1. The number of carbonyl (C=O) groups is 1. The maximum atomic E-state index is 12.5. The molecule has 0 bridgehead atoms. The number of benzene rings is 2. The smallest absolute Gasteiger partial charge is 0.278 e. The molecule has 8 heteroatoms. The van der Waals surface area contributed by atoms with Crippen molar-refractivity contribution in [3.05, 3.63) is 73.8 Å². The molecule has 0 fully saturated rings. The Kier molecular flexibility index (Phi) is 6.23. The number of non-ortho nitro benzene ring substituents is 2. The second-order valence-electron chi connectivity index (χ2n) is 6.80. The largest absolute Gasteiger partial charge is 0.325 e. The fourth-order valence-electron chi connectivity index (χ4n) is 2.69. The van der Waals surface area contributed by atoms with Crippen LogP contribution in [-0.2, 0) is 11.2 Å². The molecule has 0 spiro atoms. The van der Waals surface area contributed by atoms with Crippen LogP contribution >= 0.6 is 0 Å². The lowest BCUT2D eigenvalue weighted by molar-refractivity contribution is -0.394. The van der Waals surface area contributed by atoms with Crippen molar-refractivity contribution in [1.82, 2.24) is 0 Å². The fourth-order valence-corrected chi connectivity index (χ4v) is 2.69. The van der Waals surface area contributed by atoms with Gasteiger partial charge in [0.2, 0.25) is 5.91 Å². The van der Waals surface area contributed by atoms with E-state index in [0.29, 0.717) is 5.92 Å². The maximum Gasteiger partial charge on any atom is 0.278 e. The molecule has 1 N–H and O–H groups in total. The lowest BCUT2D eigenvalue weighted by Gasteiger charge is -2.13. The van der Waals surface area contributed by atoms with Gasteiger partial charge in [-0.1, -0.05) is 38.1 Å². The number of nitro benzene ring substituents is 2. The van der Waals surface area contributed by atoms with E-state index in [1.165, 1.54) is 5.56 Å². The molecule has 2 rings (SSSR count). The van der Waals surface area contributed by atoms with Crippen molar-refractivity contribution in [3.8, 4) is 0 Å². The summed E-state index contributed by atoms with van der Waals surface area (Å²) in [5.74, 6) is -0.390. The van der Waals surface area contributed by atoms with Crippen LogP contribution in [0.3, 0.4) is 0 Å². The van der Waals surface area contributed by atoms with Crippen molar-refractivity contribution in [1.29, 1.82) is 0 Å². The van der Waals surface area contributed by atoms with Gasteiger partial charge in [0, 0.05) is 12.1 Å². The van der Waals surface area contributed by atoms with Gasteiger partial charge in [0.15, 0.2) is 0 Å². The van der Waals surface area contributed by atoms with Crippen molar-refractivity contribution >= 4 is 23.0 Å². The van der Waals surface area contributed by atoms with Crippen LogP contribution in [0, 0.1) is 26.1 Å². The first kappa shape index (κ1) is 20.0. The zero-order chi connectivity index (χ0) is 20.1. The summed E-state index contributed by atoms with van der Waals surface area (Å²) in [6.45, 7) is 5.96. The van der Waals surface area contributed by atoms with E-state index in [1.54, 1.807) is 6.92 Å². The van der Waals surface area contributed by atoms with Gasteiger partial charge in [0.1, 0.15) is 0 Å². The highest BCUT2D eigenvalue weighted by molar-refractivity contribution is 5.96. The second-order valence-corrected chi connectivity index (χ2v) is 6.80. The molecule has 8 nitrogen and oxygen atoms in total. The Balaban J connectivity index is 2.18. The quantitative estimate of drug-likeness (QED) is 0.570. The van der Waals surface area contributed by atoms with Gasteiger partial charge in [-0.2, -0.15) is 0 Å². The monoisotopic (exact) mass is 371 g/mol. The average Bonchev–Trinajstić information content (AvgIpc) is 2.60. The summed E-state index contributed by atoms with van der Waals surface area (Å²) in [4.78, 5) is 32.9. The van der Waals surface area contributed by atoms with E-state index in [4.69, 9.17) is 0 Å². The minimum Gasteiger partial charge on any atom is -0.325 e. The Morgan fingerprint density at radius 2 is 1.48 bits per heavy atom. The van der Waals surface area contributed by atoms with Gasteiger partial charge in [-0.05, 0) is 30.4 Å². The number of nitro groups is 2. The molecule has 0 heterocycles. The molecule has 0 saturated heterocycles. The average molecular weight is 371 g/mol. The van der Waals surface area contributed by atoms with Gasteiger partial charge in [0.25, 0.3) is 11.4 Å². The highest BCUT2D eigenvalue weighted by Crippen LogP contribution is 2.27. The third kappa shape index (κ3) is 5.34. The molecule has 0 saturated carbocycles. The molecule has 1 amide bonds. The lowest BCUT2D eigenvalue weighted by atomic mass is 9.96. The molecule has 27 heavy (non-hydrogen) atoms. The molecule has 1 unspecified atom stereocenters. The zero-order valence-corrected chi connectivity index (χ0v) is 15.3. The van der Waals surface area contributed by atoms with Crippen LogP contribution in [-0.4, -0.2) is 15.8 Å². The molecule has 2 aromatic carbocycles. The highest BCUT2D eigenvalue weighted by atomic mass is 16.6. The number of nitrogens with zero attached hydrogens (tertiary/aromatic N) is 2. The molecular formula is C19H21N3O5. The first-order chi connectivity index (χ1) is 12.7. The predicted molar refractivity (Wildman–Crippen MR) is 102 cm³/mol. The van der Waals surface area contributed by atoms with E-state index in [9.17, 15) is 25.0 Å². The van der Waals surface area contributed by atoms with Crippen LogP contribution in [0.5, 0.6) is 0 Å². The molecular weight excluding hydrogens is 350 g/mol. The number of nitrogens with one attached hydrogen (secondary N) is 1. The van der Waals surface area contributed by atoms with Gasteiger partial charge in [0.05, 0.1) is 27.5 Å². The van der Waals surface area contributed by atoms with E-state index >= 15 is 0 Å². The summed E-state index contributed by atoms with van der Waals surface area (Å²) in [6, 6.07) is 10.7. The van der Waals surface area contributed by atoms with Crippen molar-refractivity contribution < 1.29 is 14.6 Å². The van der Waals surface area contributed by atoms with Gasteiger partial charge >= 0.3 is 0 Å². The SMILES string of the molecule is CC(C)Cc1ccc(C(C)C(=O)Nc2cc([N+](=O)[O-])cc([N+](=O)[O-])c2)cc1. The third-order valence-corrected chi connectivity index (χ3v) is 4.11. The van der Waals surface area contributed by atoms with Crippen LogP contribution in [0.1, 0.15) is 37.8 Å². The van der Waals surface area contributed by atoms with Crippen molar-refractivity contribution in [2.45, 2.75) is 33.1 Å². The number of anilines is 1. The Morgan fingerprint density at radius 1 is 0.963 bits per heavy atom. The Labute approximate surface area is 156 Å². The van der Waals surface area contributed by atoms with Crippen LogP contribution in [0.15, 0.2) is 42.5 Å². The van der Waals surface area contributed by atoms with Crippen LogP contribution in [0.25, 0.3) is 0 Å². The number of hydrogen-bond donors (Lipinski definition) is 1. The number of hydrogen-bond acceptors (Lipinski definition) is 5. The van der Waals surface area contributed by atoms with Gasteiger partial charge < -0.3 is 5.32 Å². The van der Waals surface area contributed by atoms with Crippen LogP contribution in [0.2, 0.25) is 0 Å². The normalized spacial score (nSPS) is 11.9. The summed E-state index contributed by atoms with van der Waals surface area (Å²) in [5, 5.41) is 24.4. The Bertz CT molecular complexity index is 830. The van der Waals surface area contributed by atoms with E-state index < -0.39 is 33.0 Å². The van der Waals surface area contributed by atoms with Crippen LogP contribution < -0.4 is 5.32 Å². The molecule has 0 aliphatic rings. The summed E-state index contributed by atoms with van der Waals surface area (Å²) in [7, 11) is 0. The summed E-state index contributed by atoms with van der Waals surface area (Å²) < 4.78 is 0. The molecule has 1 atom stereocenters. The maximum absolute atomic E-state index is 12.5. The van der Waals surface area contributed by atoms with Crippen LogP contribution in [0.4, 0.5) is 17.1 Å². The number of amides is 1. The second kappa shape index (κ2) is 8.39. The third-order valence-electron chi connectivity index (χ3n) is 4.11. The van der Waals surface area contributed by atoms with Crippen molar-refractivity contribution in [2.75, 3.05) is 5.32 Å². The summed E-state index contributed by atoms with van der Waals surface area (Å²) >= 11 is 0. The van der Waals surface area contributed by atoms with Gasteiger partial charge in [-0.3, -0.25) is 25.0 Å². The van der Waals surface area contributed by atoms with E-state index in [1.807, 2.05) is 24.3 Å². The molecule has 2 aromatic rings. The molecule has 0 aromatic heterocycles. The molecule has 0 radical (unpaired) electrons. The Morgan fingerprint density at radius 3 is 1.93 bits per heavy atom. The van der Waals surface area contributed by atoms with E-state index in [0.717, 1.165) is 30.2 Å². The topological polar surface area (TPSA) is 115 Å². The predicted octanol–water partition coefficient (Wildman–Crippen LogP) is 4.44. The first-order valence-electron chi connectivity index (χ1n) is 8.51. The highest BCUT2D eigenvalue weighted by Gasteiger charge is 2.20. The molecule has 0 aliphatic carbocycles. The van der Waals surface area contributed by atoms with E-state index in [-0.39, 0.29) is 5.69 Å².